The summed E-state index contributed by atoms with van der Waals surface area (Å²) in [5.74, 6) is -2.91. The van der Waals surface area contributed by atoms with E-state index < -0.39 is 54.0 Å². The predicted octanol–water partition coefficient (Wildman–Crippen LogP) is 0.659. The zero-order valence-electron chi connectivity index (χ0n) is 23.4. The van der Waals surface area contributed by atoms with Gasteiger partial charge >= 0.3 is 5.97 Å². The Bertz CT molecular complexity index is 1380. The zero-order valence-corrected chi connectivity index (χ0v) is 24.2. The van der Waals surface area contributed by atoms with E-state index in [1.165, 1.54) is 30.8 Å². The first kappa shape index (κ1) is 32.4. The van der Waals surface area contributed by atoms with E-state index in [2.05, 4.69) is 20.9 Å². The van der Waals surface area contributed by atoms with Crippen LogP contribution in [-0.2, 0) is 32.0 Å². The second-order valence-electron chi connectivity index (χ2n) is 10.0. The number of aromatic hydroxyl groups is 1. The van der Waals surface area contributed by atoms with Crippen LogP contribution in [0.4, 0.5) is 0 Å². The number of aromatic nitrogens is 1. The second-order valence-corrected chi connectivity index (χ2v) is 11.0. The summed E-state index contributed by atoms with van der Waals surface area (Å²) in [7, 11) is 0. The fourth-order valence-electron chi connectivity index (χ4n) is 4.40. The lowest BCUT2D eigenvalue weighted by Crippen LogP contribution is -2.60. The molecule has 0 spiro atoms. The summed E-state index contributed by atoms with van der Waals surface area (Å²) < 4.78 is 0. The minimum atomic E-state index is -1.45. The van der Waals surface area contributed by atoms with Crippen molar-refractivity contribution in [2.75, 3.05) is 12.0 Å². The fraction of sp³-hybridized carbons (Fsp3) is 0.379. The Morgan fingerprint density at radius 2 is 1.60 bits per heavy atom. The third-order valence-corrected chi connectivity index (χ3v) is 7.39. The van der Waals surface area contributed by atoms with E-state index in [1.807, 2.05) is 30.5 Å². The molecule has 3 amide bonds. The number of hydrogen-bond donors (Lipinski definition) is 8. The van der Waals surface area contributed by atoms with Crippen molar-refractivity contribution < 1.29 is 34.5 Å². The summed E-state index contributed by atoms with van der Waals surface area (Å²) in [6.45, 7) is 1.31. The van der Waals surface area contributed by atoms with Crippen LogP contribution in [0.1, 0.15) is 24.5 Å². The van der Waals surface area contributed by atoms with Gasteiger partial charge in [-0.1, -0.05) is 30.3 Å². The number of phenols is 1. The average molecular weight is 600 g/mol. The Hall–Kier alpha value is -4.07. The number of aliphatic hydroxyl groups excluding tert-OH is 1. The number of H-pyrrole nitrogens is 1. The Morgan fingerprint density at radius 1 is 0.929 bits per heavy atom. The Balaban J connectivity index is 1.79. The molecular formula is C29H37N5O7S. The lowest BCUT2D eigenvalue weighted by Gasteiger charge is -2.26. The maximum atomic E-state index is 13.4. The molecule has 0 aliphatic heterocycles. The van der Waals surface area contributed by atoms with Crippen molar-refractivity contribution in [3.8, 4) is 5.75 Å². The normalized spacial score (nSPS) is 14.8. The van der Waals surface area contributed by atoms with Crippen molar-refractivity contribution >= 4 is 46.4 Å². The molecule has 5 unspecified atom stereocenters. The van der Waals surface area contributed by atoms with Crippen LogP contribution < -0.4 is 21.7 Å². The molecule has 42 heavy (non-hydrogen) atoms. The minimum absolute atomic E-state index is 0.0112. The van der Waals surface area contributed by atoms with Crippen LogP contribution in [0.15, 0.2) is 54.7 Å². The van der Waals surface area contributed by atoms with Crippen LogP contribution in [0.5, 0.6) is 5.75 Å². The van der Waals surface area contributed by atoms with Gasteiger partial charge in [0, 0.05) is 23.5 Å². The standard InChI is InChI=1S/C29H37N5O7S/c1-16(35)25(34-26(37)21(30)13-17-7-9-19(36)10-8-17)28(39)33-24(27(38)32-23(29(40)41)11-12-42-2)14-18-15-31-22-6-4-3-5-20(18)22/h3-10,15-16,21,23-25,31,35-36H,11-14,30H2,1-2H3,(H,32,38)(H,33,39)(H,34,37)(H,40,41). The van der Waals surface area contributed by atoms with Crippen LogP contribution >= 0.6 is 11.8 Å². The highest BCUT2D eigenvalue weighted by Gasteiger charge is 2.33. The summed E-state index contributed by atoms with van der Waals surface area (Å²) in [5, 5.41) is 37.8. The highest BCUT2D eigenvalue weighted by atomic mass is 32.2. The first-order chi connectivity index (χ1) is 20.0. The smallest absolute Gasteiger partial charge is 0.326 e. The van der Waals surface area contributed by atoms with Crippen molar-refractivity contribution in [1.82, 2.24) is 20.9 Å². The number of carboxylic acids is 1. The van der Waals surface area contributed by atoms with Gasteiger partial charge in [0.25, 0.3) is 0 Å². The largest absolute Gasteiger partial charge is 0.508 e. The van der Waals surface area contributed by atoms with E-state index in [-0.39, 0.29) is 25.0 Å². The van der Waals surface area contributed by atoms with Gasteiger partial charge in [-0.3, -0.25) is 14.4 Å². The molecule has 1 aromatic heterocycles. The maximum Gasteiger partial charge on any atom is 0.326 e. The molecule has 5 atom stereocenters. The van der Waals surface area contributed by atoms with Gasteiger partial charge in [0.1, 0.15) is 23.9 Å². The van der Waals surface area contributed by atoms with Gasteiger partial charge in [0.05, 0.1) is 12.1 Å². The second kappa shape index (κ2) is 15.2. The van der Waals surface area contributed by atoms with Gasteiger partial charge < -0.3 is 42.0 Å². The number of carbonyl (C=O) groups excluding carboxylic acids is 3. The number of rotatable bonds is 15. The van der Waals surface area contributed by atoms with E-state index in [4.69, 9.17) is 5.73 Å². The minimum Gasteiger partial charge on any atom is -0.508 e. The number of aliphatic carboxylic acids is 1. The number of fused-ring (bicyclic) bond motifs is 1. The summed E-state index contributed by atoms with van der Waals surface area (Å²) in [4.78, 5) is 54.5. The predicted molar refractivity (Wildman–Crippen MR) is 160 cm³/mol. The summed E-state index contributed by atoms with van der Waals surface area (Å²) in [5.41, 5.74) is 8.24. The quantitative estimate of drug-likeness (QED) is 0.123. The number of para-hydroxylation sites is 1. The van der Waals surface area contributed by atoms with Crippen molar-refractivity contribution in [3.05, 3.63) is 65.9 Å². The third-order valence-electron chi connectivity index (χ3n) is 6.75. The number of nitrogens with one attached hydrogen (secondary N) is 4. The molecule has 1 heterocycles. The van der Waals surface area contributed by atoms with Crippen molar-refractivity contribution in [2.45, 2.75) is 56.5 Å². The Morgan fingerprint density at radius 3 is 2.24 bits per heavy atom. The van der Waals surface area contributed by atoms with Crippen LogP contribution in [0, 0.1) is 0 Å². The molecule has 226 valence electrons. The first-order valence-electron chi connectivity index (χ1n) is 13.4. The maximum absolute atomic E-state index is 13.4. The lowest BCUT2D eigenvalue weighted by atomic mass is 10.0. The number of hydrogen-bond acceptors (Lipinski definition) is 8. The summed E-state index contributed by atoms with van der Waals surface area (Å²) in [6.07, 6.45) is 2.48. The van der Waals surface area contributed by atoms with Crippen LogP contribution in [0.25, 0.3) is 10.9 Å². The molecular weight excluding hydrogens is 562 g/mol. The topological polar surface area (TPSA) is 207 Å². The van der Waals surface area contributed by atoms with Gasteiger partial charge in [-0.2, -0.15) is 11.8 Å². The molecule has 2 aromatic carbocycles. The third kappa shape index (κ3) is 8.96. The molecule has 0 saturated carbocycles. The number of benzene rings is 2. The molecule has 0 aliphatic rings. The monoisotopic (exact) mass is 599 g/mol. The molecule has 13 heteroatoms. The van der Waals surface area contributed by atoms with Crippen molar-refractivity contribution in [2.24, 2.45) is 5.73 Å². The highest BCUT2D eigenvalue weighted by Crippen LogP contribution is 2.19. The van der Waals surface area contributed by atoms with Crippen LogP contribution in [-0.4, -0.2) is 86.3 Å². The van der Waals surface area contributed by atoms with Gasteiger partial charge in [-0.25, -0.2) is 4.79 Å². The number of aromatic amines is 1. The number of aliphatic hydroxyl groups is 1. The number of amides is 3. The number of carbonyl (C=O) groups is 4. The fourth-order valence-corrected chi connectivity index (χ4v) is 4.87. The van der Waals surface area contributed by atoms with Crippen molar-refractivity contribution in [3.63, 3.8) is 0 Å². The molecule has 3 aromatic rings. The molecule has 0 aliphatic carbocycles. The number of carboxylic acid groups (broad SMARTS) is 1. The number of nitrogens with two attached hydrogens (primary N) is 1. The van der Waals surface area contributed by atoms with E-state index >= 15 is 0 Å². The van der Waals surface area contributed by atoms with E-state index in [1.54, 1.807) is 18.3 Å². The van der Waals surface area contributed by atoms with Gasteiger partial charge in [-0.05, 0) is 61.1 Å². The number of phenolic OH excluding ortho intramolecular Hbond substituents is 1. The van der Waals surface area contributed by atoms with Gasteiger partial charge in [0.2, 0.25) is 17.7 Å². The highest BCUT2D eigenvalue weighted by molar-refractivity contribution is 7.98. The molecule has 3 rings (SSSR count). The Kier molecular flexibility index (Phi) is 11.8. The molecule has 0 saturated heterocycles. The zero-order chi connectivity index (χ0) is 30.8. The SMILES string of the molecule is CSCCC(NC(=O)C(Cc1c[nH]c2ccccc12)NC(=O)C(NC(=O)C(N)Cc1ccc(O)cc1)C(C)O)C(=O)O. The Labute approximate surface area is 247 Å². The molecule has 9 N–H and O–H groups in total. The average Bonchev–Trinajstić information content (AvgIpc) is 3.36. The summed E-state index contributed by atoms with van der Waals surface area (Å²) >= 11 is 1.44. The van der Waals surface area contributed by atoms with Crippen LogP contribution in [0.2, 0.25) is 0 Å². The van der Waals surface area contributed by atoms with Gasteiger partial charge in [-0.15, -0.1) is 0 Å². The van der Waals surface area contributed by atoms with Gasteiger partial charge in [0.15, 0.2) is 0 Å². The number of thioether (sulfide) groups is 1. The van der Waals surface area contributed by atoms with Crippen LogP contribution in [0.3, 0.4) is 0 Å². The van der Waals surface area contributed by atoms with Crippen molar-refractivity contribution in [1.29, 1.82) is 0 Å². The molecule has 0 fully saturated rings. The summed E-state index contributed by atoms with van der Waals surface area (Å²) in [6, 6.07) is 8.61. The van der Waals surface area contributed by atoms with E-state index in [0.29, 0.717) is 16.9 Å². The van der Waals surface area contributed by atoms with E-state index in [9.17, 15) is 34.5 Å². The lowest BCUT2D eigenvalue weighted by molar-refractivity contribution is -0.142. The molecule has 12 nitrogen and oxygen atoms in total. The first-order valence-corrected chi connectivity index (χ1v) is 14.8. The van der Waals surface area contributed by atoms with E-state index in [0.717, 1.165) is 10.9 Å². The molecule has 0 radical (unpaired) electrons. The molecule has 0 bridgehead atoms.